The van der Waals surface area contributed by atoms with Gasteiger partial charge in [0.05, 0.1) is 5.25 Å². The first-order chi connectivity index (χ1) is 10.1. The highest BCUT2D eigenvalue weighted by molar-refractivity contribution is 8.00. The molecule has 0 saturated heterocycles. The number of carbonyl (C=O) groups is 1. The van der Waals surface area contributed by atoms with Crippen LogP contribution in [0.5, 0.6) is 0 Å². The lowest BCUT2D eigenvalue weighted by molar-refractivity contribution is -0.115. The fourth-order valence-corrected chi connectivity index (χ4v) is 3.37. The van der Waals surface area contributed by atoms with Gasteiger partial charge in [-0.1, -0.05) is 42.9 Å². The molecule has 21 heavy (non-hydrogen) atoms. The number of hydrogen-bond acceptors (Lipinski definition) is 5. The SMILES string of the molecule is CCc1nnc(NC(=O)C(CC)Sc2ccc(C)cc2)s1. The van der Waals surface area contributed by atoms with Gasteiger partial charge in [-0.15, -0.1) is 22.0 Å². The van der Waals surface area contributed by atoms with Gasteiger partial charge in [0, 0.05) is 4.90 Å². The van der Waals surface area contributed by atoms with Crippen LogP contribution in [-0.2, 0) is 11.2 Å². The van der Waals surface area contributed by atoms with Gasteiger partial charge in [-0.05, 0) is 31.9 Å². The standard InChI is InChI=1S/C15H19N3OS2/c1-4-12(20-11-8-6-10(3)7-9-11)14(19)16-15-18-17-13(5-2)21-15/h6-9,12H,4-5H2,1-3H3,(H,16,18,19). The summed E-state index contributed by atoms with van der Waals surface area (Å²) in [6.07, 6.45) is 1.60. The number of rotatable bonds is 6. The number of benzene rings is 1. The Morgan fingerprint density at radius 2 is 2.00 bits per heavy atom. The van der Waals surface area contributed by atoms with Crippen molar-refractivity contribution in [2.75, 3.05) is 5.32 Å². The van der Waals surface area contributed by atoms with E-state index >= 15 is 0 Å². The van der Waals surface area contributed by atoms with Crippen LogP contribution in [0.4, 0.5) is 5.13 Å². The van der Waals surface area contributed by atoms with E-state index in [-0.39, 0.29) is 11.2 Å². The van der Waals surface area contributed by atoms with Gasteiger partial charge in [-0.2, -0.15) is 0 Å². The molecule has 0 fully saturated rings. The first kappa shape index (κ1) is 16.0. The molecule has 2 aromatic rings. The van der Waals surface area contributed by atoms with Crippen molar-refractivity contribution < 1.29 is 4.79 Å². The smallest absolute Gasteiger partial charge is 0.239 e. The molecule has 1 unspecified atom stereocenters. The van der Waals surface area contributed by atoms with E-state index in [9.17, 15) is 4.79 Å². The van der Waals surface area contributed by atoms with Crippen LogP contribution in [-0.4, -0.2) is 21.4 Å². The first-order valence-corrected chi connectivity index (χ1v) is 8.68. The van der Waals surface area contributed by atoms with Crippen LogP contribution in [0.25, 0.3) is 0 Å². The lowest BCUT2D eigenvalue weighted by Crippen LogP contribution is -2.24. The molecule has 0 aliphatic heterocycles. The maximum atomic E-state index is 12.3. The predicted molar refractivity (Wildman–Crippen MR) is 89.0 cm³/mol. The summed E-state index contributed by atoms with van der Waals surface area (Å²) in [7, 11) is 0. The summed E-state index contributed by atoms with van der Waals surface area (Å²) >= 11 is 3.02. The number of aryl methyl sites for hydroxylation is 2. The minimum Gasteiger partial charge on any atom is -0.300 e. The summed E-state index contributed by atoms with van der Waals surface area (Å²) < 4.78 is 0. The van der Waals surface area contributed by atoms with E-state index < -0.39 is 0 Å². The van der Waals surface area contributed by atoms with Gasteiger partial charge >= 0.3 is 0 Å². The highest BCUT2D eigenvalue weighted by Gasteiger charge is 2.19. The Kier molecular flexibility index (Phi) is 5.76. The summed E-state index contributed by atoms with van der Waals surface area (Å²) in [6.45, 7) is 6.09. The van der Waals surface area contributed by atoms with Gasteiger partial charge in [0.2, 0.25) is 11.0 Å². The molecule has 1 aromatic carbocycles. The molecule has 0 aliphatic carbocycles. The average Bonchev–Trinajstić information content (AvgIpc) is 2.94. The maximum absolute atomic E-state index is 12.3. The average molecular weight is 321 g/mol. The molecule has 0 saturated carbocycles. The molecule has 0 radical (unpaired) electrons. The second kappa shape index (κ2) is 7.56. The van der Waals surface area contributed by atoms with Crippen LogP contribution < -0.4 is 5.32 Å². The molecule has 0 spiro atoms. The van der Waals surface area contributed by atoms with Crippen molar-refractivity contribution in [3.05, 3.63) is 34.8 Å². The Hall–Kier alpha value is -1.40. The first-order valence-electron chi connectivity index (χ1n) is 6.99. The summed E-state index contributed by atoms with van der Waals surface area (Å²) in [5, 5.41) is 12.3. The largest absolute Gasteiger partial charge is 0.300 e. The highest BCUT2D eigenvalue weighted by atomic mass is 32.2. The number of carbonyl (C=O) groups excluding carboxylic acids is 1. The van der Waals surface area contributed by atoms with E-state index in [1.54, 1.807) is 11.8 Å². The lowest BCUT2D eigenvalue weighted by atomic mass is 10.2. The van der Waals surface area contributed by atoms with E-state index in [1.165, 1.54) is 16.9 Å². The number of anilines is 1. The number of hydrogen-bond donors (Lipinski definition) is 1. The molecule has 2 rings (SSSR count). The molecular formula is C15H19N3OS2. The minimum atomic E-state index is -0.123. The third-order valence-corrected chi connectivity index (χ3v) is 5.32. The molecular weight excluding hydrogens is 302 g/mol. The predicted octanol–water partition coefficient (Wildman–Crippen LogP) is 3.92. The Balaban J connectivity index is 1.99. The summed E-state index contributed by atoms with van der Waals surface area (Å²) in [5.41, 5.74) is 1.22. The summed E-state index contributed by atoms with van der Waals surface area (Å²) in [4.78, 5) is 13.4. The molecule has 1 atom stereocenters. The van der Waals surface area contributed by atoms with Gasteiger partial charge in [0.25, 0.3) is 0 Å². The van der Waals surface area contributed by atoms with Crippen molar-refractivity contribution in [3.63, 3.8) is 0 Å². The topological polar surface area (TPSA) is 54.9 Å². The van der Waals surface area contributed by atoms with Crippen LogP contribution in [0.2, 0.25) is 0 Å². The third-order valence-electron chi connectivity index (χ3n) is 2.96. The highest BCUT2D eigenvalue weighted by Crippen LogP contribution is 2.27. The van der Waals surface area contributed by atoms with Crippen molar-refractivity contribution in [1.82, 2.24) is 10.2 Å². The molecule has 6 heteroatoms. The second-order valence-corrected chi connectivity index (χ2v) is 7.01. The summed E-state index contributed by atoms with van der Waals surface area (Å²) in [6, 6.07) is 8.22. The van der Waals surface area contributed by atoms with Crippen LogP contribution in [0, 0.1) is 6.92 Å². The molecule has 1 amide bonds. The van der Waals surface area contributed by atoms with Crippen molar-refractivity contribution in [2.24, 2.45) is 0 Å². The van der Waals surface area contributed by atoms with Crippen molar-refractivity contribution >= 4 is 34.1 Å². The van der Waals surface area contributed by atoms with E-state index in [2.05, 4.69) is 46.7 Å². The second-order valence-electron chi connectivity index (χ2n) is 4.67. The fourth-order valence-electron chi connectivity index (χ4n) is 1.74. The molecule has 4 nitrogen and oxygen atoms in total. The van der Waals surface area contributed by atoms with Gasteiger partial charge in [0.1, 0.15) is 5.01 Å². The quantitative estimate of drug-likeness (QED) is 0.819. The maximum Gasteiger partial charge on any atom is 0.239 e. The number of aromatic nitrogens is 2. The zero-order valence-corrected chi connectivity index (χ0v) is 14.1. The fraction of sp³-hybridized carbons (Fsp3) is 0.400. The number of nitrogens with zero attached hydrogens (tertiary/aromatic N) is 2. The summed E-state index contributed by atoms with van der Waals surface area (Å²) in [5.74, 6) is -0.0121. The van der Waals surface area contributed by atoms with E-state index in [4.69, 9.17) is 0 Å². The lowest BCUT2D eigenvalue weighted by Gasteiger charge is -2.13. The Morgan fingerprint density at radius 3 is 2.57 bits per heavy atom. The van der Waals surface area contributed by atoms with Gasteiger partial charge in [0.15, 0.2) is 0 Å². The van der Waals surface area contributed by atoms with Gasteiger partial charge in [-0.3, -0.25) is 10.1 Å². The van der Waals surface area contributed by atoms with Crippen LogP contribution in [0.3, 0.4) is 0 Å². The molecule has 1 aromatic heterocycles. The van der Waals surface area contributed by atoms with E-state index in [0.717, 1.165) is 22.7 Å². The van der Waals surface area contributed by atoms with Crippen LogP contribution in [0.15, 0.2) is 29.2 Å². The Labute approximate surface area is 133 Å². The normalized spacial score (nSPS) is 12.1. The number of amides is 1. The van der Waals surface area contributed by atoms with Gasteiger partial charge in [-0.25, -0.2) is 0 Å². The van der Waals surface area contributed by atoms with E-state index in [1.807, 2.05) is 13.8 Å². The molecule has 1 heterocycles. The molecule has 0 bridgehead atoms. The zero-order chi connectivity index (χ0) is 15.2. The third kappa shape index (κ3) is 4.54. The minimum absolute atomic E-state index is 0.0121. The number of thioether (sulfide) groups is 1. The molecule has 112 valence electrons. The zero-order valence-electron chi connectivity index (χ0n) is 12.4. The van der Waals surface area contributed by atoms with Crippen molar-refractivity contribution in [3.8, 4) is 0 Å². The Bertz CT molecular complexity index is 595. The van der Waals surface area contributed by atoms with Crippen LogP contribution in [0.1, 0.15) is 30.8 Å². The van der Waals surface area contributed by atoms with Gasteiger partial charge < -0.3 is 0 Å². The van der Waals surface area contributed by atoms with Crippen LogP contribution >= 0.6 is 23.1 Å². The van der Waals surface area contributed by atoms with E-state index in [0.29, 0.717) is 5.13 Å². The van der Waals surface area contributed by atoms with Crippen molar-refractivity contribution in [1.29, 1.82) is 0 Å². The molecule has 1 N–H and O–H groups in total. The van der Waals surface area contributed by atoms with Crippen molar-refractivity contribution in [2.45, 2.75) is 43.8 Å². The number of nitrogens with one attached hydrogen (secondary N) is 1. The Morgan fingerprint density at radius 1 is 1.29 bits per heavy atom. The molecule has 0 aliphatic rings. The monoisotopic (exact) mass is 321 g/mol.